The highest BCUT2D eigenvalue weighted by atomic mass is 79.9. The molecule has 0 aliphatic carbocycles. The number of amidine groups is 1. The molecule has 0 bridgehead atoms. The fraction of sp³-hybridized carbons (Fsp3) is 0.0714. The summed E-state index contributed by atoms with van der Waals surface area (Å²) in [6.07, 6.45) is 0. The molecule has 0 aromatic heterocycles. The Balaban J connectivity index is 2.31. The summed E-state index contributed by atoms with van der Waals surface area (Å²) in [5.41, 5.74) is 7.06. The number of hydrogen-bond donors (Lipinski definition) is 2. The maximum atomic E-state index is 8.69. The maximum Gasteiger partial charge on any atom is 0.170 e. The molecular formula is C14H12BrClN2O2. The van der Waals surface area contributed by atoms with Crippen molar-refractivity contribution in [2.45, 2.75) is 6.92 Å². The average molecular weight is 356 g/mol. The van der Waals surface area contributed by atoms with Crippen molar-refractivity contribution >= 4 is 33.4 Å². The number of nitrogens with zero attached hydrogens (tertiary/aromatic N) is 1. The van der Waals surface area contributed by atoms with E-state index in [9.17, 15) is 0 Å². The van der Waals surface area contributed by atoms with Crippen molar-refractivity contribution in [3.05, 3.63) is 57.0 Å². The molecule has 0 saturated heterocycles. The Kier molecular flexibility index (Phi) is 4.52. The van der Waals surface area contributed by atoms with Gasteiger partial charge < -0.3 is 15.7 Å². The van der Waals surface area contributed by atoms with Gasteiger partial charge in [-0.25, -0.2) is 0 Å². The third-order valence-electron chi connectivity index (χ3n) is 2.70. The lowest BCUT2D eigenvalue weighted by molar-refractivity contribution is 0.318. The van der Waals surface area contributed by atoms with E-state index in [0.717, 1.165) is 10.0 Å². The molecule has 0 heterocycles. The highest BCUT2D eigenvalue weighted by molar-refractivity contribution is 9.10. The van der Waals surface area contributed by atoms with Crippen LogP contribution >= 0.6 is 27.5 Å². The summed E-state index contributed by atoms with van der Waals surface area (Å²) in [4.78, 5) is 0. The zero-order valence-electron chi connectivity index (χ0n) is 10.6. The van der Waals surface area contributed by atoms with Gasteiger partial charge in [0.25, 0.3) is 0 Å². The van der Waals surface area contributed by atoms with Crippen molar-refractivity contribution in [2.24, 2.45) is 10.9 Å². The number of nitrogens with two attached hydrogens (primary N) is 1. The normalized spacial score (nSPS) is 11.4. The molecule has 0 saturated carbocycles. The lowest BCUT2D eigenvalue weighted by Gasteiger charge is -2.10. The largest absolute Gasteiger partial charge is 0.456 e. The maximum absolute atomic E-state index is 8.69. The first-order valence-corrected chi connectivity index (χ1v) is 6.90. The van der Waals surface area contributed by atoms with Crippen molar-refractivity contribution < 1.29 is 9.94 Å². The second-order valence-corrected chi connectivity index (χ2v) is 5.46. The molecule has 3 N–H and O–H groups in total. The predicted molar refractivity (Wildman–Crippen MR) is 82.9 cm³/mol. The third kappa shape index (κ3) is 3.23. The summed E-state index contributed by atoms with van der Waals surface area (Å²) < 4.78 is 6.61. The van der Waals surface area contributed by atoms with Crippen LogP contribution in [0.1, 0.15) is 11.1 Å². The van der Waals surface area contributed by atoms with Gasteiger partial charge in [0.2, 0.25) is 0 Å². The van der Waals surface area contributed by atoms with Gasteiger partial charge in [0.05, 0.1) is 5.02 Å². The molecule has 2 rings (SSSR count). The molecule has 0 amide bonds. The van der Waals surface area contributed by atoms with Gasteiger partial charge in [0.1, 0.15) is 11.5 Å². The first-order chi connectivity index (χ1) is 9.51. The van der Waals surface area contributed by atoms with Crippen LogP contribution in [0.3, 0.4) is 0 Å². The van der Waals surface area contributed by atoms with E-state index >= 15 is 0 Å². The number of aryl methyl sites for hydroxylation is 1. The van der Waals surface area contributed by atoms with Crippen LogP contribution in [0.5, 0.6) is 11.5 Å². The first-order valence-electron chi connectivity index (χ1n) is 5.72. The van der Waals surface area contributed by atoms with E-state index in [0.29, 0.717) is 22.1 Å². The van der Waals surface area contributed by atoms with Crippen molar-refractivity contribution in [2.75, 3.05) is 0 Å². The van der Waals surface area contributed by atoms with Crippen LogP contribution in [-0.2, 0) is 0 Å². The Morgan fingerprint density at radius 1 is 1.30 bits per heavy atom. The molecule has 6 heteroatoms. The number of hydrogen-bond acceptors (Lipinski definition) is 3. The predicted octanol–water partition coefficient (Wildman–Crippen LogP) is 4.30. The van der Waals surface area contributed by atoms with Crippen LogP contribution < -0.4 is 10.5 Å². The van der Waals surface area contributed by atoms with Gasteiger partial charge in [-0.05, 0) is 48.9 Å². The molecule has 104 valence electrons. The molecule has 0 aliphatic rings. The lowest BCUT2D eigenvalue weighted by atomic mass is 10.1. The summed E-state index contributed by atoms with van der Waals surface area (Å²) in [5.74, 6) is 1.24. The molecule has 0 radical (unpaired) electrons. The highest BCUT2D eigenvalue weighted by Crippen LogP contribution is 2.32. The third-order valence-corrected chi connectivity index (χ3v) is 3.51. The summed E-state index contributed by atoms with van der Waals surface area (Å²) in [5, 5.41) is 12.2. The second-order valence-electron chi connectivity index (χ2n) is 4.14. The molecular weight excluding hydrogens is 344 g/mol. The number of halogens is 2. The van der Waals surface area contributed by atoms with Gasteiger partial charge >= 0.3 is 0 Å². The smallest absolute Gasteiger partial charge is 0.170 e. The zero-order valence-corrected chi connectivity index (χ0v) is 12.9. The molecule has 2 aromatic rings. The molecule has 0 atom stereocenters. The summed E-state index contributed by atoms with van der Waals surface area (Å²) >= 11 is 9.44. The standard InChI is InChI=1S/C14H12BrClN2O2/c1-8-6-10(3-4-11(8)14(17)18-19)20-13-7-9(15)2-5-12(13)16/h2-7,19H,1H3,(H2,17,18). The van der Waals surface area contributed by atoms with Crippen molar-refractivity contribution in [1.82, 2.24) is 0 Å². The lowest BCUT2D eigenvalue weighted by Crippen LogP contribution is -2.14. The Morgan fingerprint density at radius 3 is 2.70 bits per heavy atom. The van der Waals surface area contributed by atoms with Gasteiger partial charge in [-0.15, -0.1) is 0 Å². The van der Waals surface area contributed by atoms with Crippen molar-refractivity contribution in [3.63, 3.8) is 0 Å². The molecule has 0 unspecified atom stereocenters. The van der Waals surface area contributed by atoms with Gasteiger partial charge in [0, 0.05) is 10.0 Å². The minimum absolute atomic E-state index is 0.0644. The Hall–Kier alpha value is -1.72. The minimum atomic E-state index is 0.0644. The van der Waals surface area contributed by atoms with Crippen LogP contribution in [0.25, 0.3) is 0 Å². The number of oxime groups is 1. The Labute approximate surface area is 129 Å². The number of rotatable bonds is 3. The highest BCUT2D eigenvalue weighted by Gasteiger charge is 2.08. The van der Waals surface area contributed by atoms with Crippen molar-refractivity contribution in [3.8, 4) is 11.5 Å². The quantitative estimate of drug-likeness (QED) is 0.373. The van der Waals surface area contributed by atoms with E-state index < -0.39 is 0 Å². The van der Waals surface area contributed by atoms with Crippen LogP contribution in [0.2, 0.25) is 5.02 Å². The van der Waals surface area contributed by atoms with Gasteiger partial charge in [-0.3, -0.25) is 0 Å². The van der Waals surface area contributed by atoms with Gasteiger partial charge in [-0.1, -0.05) is 32.7 Å². The Bertz CT molecular complexity index is 674. The van der Waals surface area contributed by atoms with E-state index in [-0.39, 0.29) is 5.84 Å². The average Bonchev–Trinajstić information content (AvgIpc) is 2.42. The number of ether oxygens (including phenoxy) is 1. The second kappa shape index (κ2) is 6.15. The van der Waals surface area contributed by atoms with E-state index in [1.807, 2.05) is 13.0 Å². The summed E-state index contributed by atoms with van der Waals surface area (Å²) in [6.45, 7) is 1.85. The van der Waals surface area contributed by atoms with Gasteiger partial charge in [0.15, 0.2) is 5.84 Å². The number of benzene rings is 2. The van der Waals surface area contributed by atoms with E-state index in [1.165, 1.54) is 0 Å². The molecule has 0 aliphatic heterocycles. The van der Waals surface area contributed by atoms with E-state index in [4.69, 9.17) is 27.3 Å². The van der Waals surface area contributed by atoms with Crippen LogP contribution in [0.4, 0.5) is 0 Å². The van der Waals surface area contributed by atoms with Crippen molar-refractivity contribution in [1.29, 1.82) is 0 Å². The SMILES string of the molecule is Cc1cc(Oc2cc(Br)ccc2Cl)ccc1/C(N)=N/O. The van der Waals surface area contributed by atoms with Crippen LogP contribution in [0, 0.1) is 6.92 Å². The molecule has 4 nitrogen and oxygen atoms in total. The van der Waals surface area contributed by atoms with Gasteiger partial charge in [-0.2, -0.15) is 0 Å². The summed E-state index contributed by atoms with van der Waals surface area (Å²) in [6, 6.07) is 10.6. The van der Waals surface area contributed by atoms with E-state index in [2.05, 4.69) is 21.1 Å². The minimum Gasteiger partial charge on any atom is -0.456 e. The molecule has 0 spiro atoms. The Morgan fingerprint density at radius 2 is 2.05 bits per heavy atom. The molecule has 20 heavy (non-hydrogen) atoms. The first kappa shape index (κ1) is 14.7. The fourth-order valence-electron chi connectivity index (χ4n) is 1.72. The van der Waals surface area contributed by atoms with E-state index in [1.54, 1.807) is 30.3 Å². The molecule has 2 aromatic carbocycles. The fourth-order valence-corrected chi connectivity index (χ4v) is 2.22. The zero-order chi connectivity index (χ0) is 14.7. The molecule has 0 fully saturated rings. The monoisotopic (exact) mass is 354 g/mol. The topological polar surface area (TPSA) is 67.8 Å². The van der Waals surface area contributed by atoms with Crippen LogP contribution in [0.15, 0.2) is 46.0 Å². The summed E-state index contributed by atoms with van der Waals surface area (Å²) in [7, 11) is 0. The van der Waals surface area contributed by atoms with Crippen LogP contribution in [-0.4, -0.2) is 11.0 Å².